The minimum Gasteiger partial charge on any atom is -0.380 e. The number of benzene rings is 2. The Bertz CT molecular complexity index is 1270. The van der Waals surface area contributed by atoms with Gasteiger partial charge in [-0.05, 0) is 47.4 Å². The van der Waals surface area contributed by atoms with E-state index in [1.54, 1.807) is 0 Å². The maximum Gasteiger partial charge on any atom is 0.124 e. The van der Waals surface area contributed by atoms with E-state index in [0.717, 1.165) is 35.5 Å². The number of rotatable bonds is 6. The molecule has 34 heavy (non-hydrogen) atoms. The maximum absolute atomic E-state index is 12.5. The van der Waals surface area contributed by atoms with E-state index in [-0.39, 0.29) is 5.41 Å². The molecule has 4 heteroatoms. The van der Waals surface area contributed by atoms with Gasteiger partial charge in [-0.3, -0.25) is 4.98 Å². The van der Waals surface area contributed by atoms with Gasteiger partial charge in [0.05, 0.1) is 11.9 Å². The first-order valence-electron chi connectivity index (χ1n) is 12.0. The van der Waals surface area contributed by atoms with E-state index in [0.29, 0.717) is 5.92 Å². The average molecular weight is 452 g/mol. The van der Waals surface area contributed by atoms with Gasteiger partial charge in [0, 0.05) is 42.7 Å². The summed E-state index contributed by atoms with van der Waals surface area (Å²) in [6.07, 6.45) is 7.85. The van der Waals surface area contributed by atoms with Crippen molar-refractivity contribution in [3.05, 3.63) is 108 Å². The summed E-state index contributed by atoms with van der Waals surface area (Å²) < 4.78 is 2.08. The van der Waals surface area contributed by atoms with Crippen molar-refractivity contribution < 1.29 is 5.11 Å². The number of hydrogen-bond donors (Lipinski definition) is 1. The Labute approximate surface area is 202 Å². The smallest absolute Gasteiger partial charge is 0.124 e. The second-order valence-electron chi connectivity index (χ2n) is 10.3. The summed E-state index contributed by atoms with van der Waals surface area (Å²) in [4.78, 5) is 6.83. The number of nitrogens with zero attached hydrogens (tertiary/aromatic N) is 3. The summed E-state index contributed by atoms with van der Waals surface area (Å²) >= 11 is 0. The van der Waals surface area contributed by atoms with Crippen LogP contribution in [0.1, 0.15) is 43.4 Å². The highest BCUT2D eigenvalue weighted by atomic mass is 16.3. The summed E-state index contributed by atoms with van der Waals surface area (Å²) in [7, 11) is 2.10. The molecular weight excluding hydrogens is 418 g/mol. The molecule has 1 atom stereocenters. The molecular formula is C30H33N3O. The zero-order valence-corrected chi connectivity index (χ0v) is 20.4. The van der Waals surface area contributed by atoms with Crippen LogP contribution in [-0.4, -0.2) is 39.7 Å². The van der Waals surface area contributed by atoms with E-state index in [2.05, 4.69) is 115 Å². The minimum atomic E-state index is -1.15. The molecule has 0 saturated carbocycles. The summed E-state index contributed by atoms with van der Waals surface area (Å²) in [6.45, 7) is 8.21. The molecule has 0 amide bonds. The van der Waals surface area contributed by atoms with Gasteiger partial charge in [0.25, 0.3) is 0 Å². The van der Waals surface area contributed by atoms with Gasteiger partial charge in [-0.25, -0.2) is 0 Å². The van der Waals surface area contributed by atoms with Crippen LogP contribution in [0, 0.1) is 5.41 Å². The number of aliphatic hydroxyl groups is 1. The fraction of sp³-hybridized carbons (Fsp3) is 0.300. The van der Waals surface area contributed by atoms with Crippen LogP contribution in [0.5, 0.6) is 0 Å². The quantitative estimate of drug-likeness (QED) is 0.400. The predicted octanol–water partition coefficient (Wildman–Crippen LogP) is 5.85. The Balaban J connectivity index is 1.57. The molecule has 1 N–H and O–H groups in total. The lowest BCUT2D eigenvalue weighted by Crippen LogP contribution is -2.63. The van der Waals surface area contributed by atoms with Gasteiger partial charge in [0.15, 0.2) is 0 Å². The van der Waals surface area contributed by atoms with E-state index in [4.69, 9.17) is 0 Å². The fourth-order valence-corrected chi connectivity index (χ4v) is 5.47. The Kier molecular flexibility index (Phi) is 5.67. The predicted molar refractivity (Wildman–Crippen MR) is 138 cm³/mol. The topological polar surface area (TPSA) is 41.3 Å². The van der Waals surface area contributed by atoms with Crippen LogP contribution >= 0.6 is 0 Å². The lowest BCUT2D eigenvalue weighted by molar-refractivity contribution is -0.127. The largest absolute Gasteiger partial charge is 0.380 e. The Hall–Kier alpha value is -3.21. The van der Waals surface area contributed by atoms with Crippen molar-refractivity contribution in [1.29, 1.82) is 0 Å². The number of hydrogen-bond acceptors (Lipinski definition) is 3. The van der Waals surface area contributed by atoms with Crippen molar-refractivity contribution >= 4 is 0 Å². The van der Waals surface area contributed by atoms with Crippen LogP contribution in [0.25, 0.3) is 16.8 Å². The highest BCUT2D eigenvalue weighted by molar-refractivity contribution is 5.63. The second kappa shape index (κ2) is 8.53. The molecule has 3 heterocycles. The zero-order valence-electron chi connectivity index (χ0n) is 20.4. The Morgan fingerprint density at radius 2 is 1.62 bits per heavy atom. The van der Waals surface area contributed by atoms with Crippen LogP contribution in [0.3, 0.4) is 0 Å². The molecule has 0 radical (unpaired) electrons. The van der Waals surface area contributed by atoms with E-state index in [1.165, 1.54) is 11.1 Å². The summed E-state index contributed by atoms with van der Waals surface area (Å²) in [5.41, 5.74) is 4.83. The van der Waals surface area contributed by atoms with Crippen molar-refractivity contribution in [1.82, 2.24) is 14.5 Å². The van der Waals surface area contributed by atoms with Gasteiger partial charge < -0.3 is 14.6 Å². The van der Waals surface area contributed by atoms with Crippen LogP contribution in [-0.2, 0) is 5.60 Å². The van der Waals surface area contributed by atoms with Crippen LogP contribution < -0.4 is 0 Å². The molecule has 0 unspecified atom stereocenters. The van der Waals surface area contributed by atoms with E-state index >= 15 is 0 Å². The first-order valence-corrected chi connectivity index (χ1v) is 12.0. The van der Waals surface area contributed by atoms with Crippen molar-refractivity contribution in [2.75, 3.05) is 20.1 Å². The molecule has 1 fully saturated rings. The molecule has 1 aliphatic heterocycles. The van der Waals surface area contributed by atoms with Crippen molar-refractivity contribution in [3.63, 3.8) is 0 Å². The lowest BCUT2D eigenvalue weighted by Gasteiger charge is -2.55. The SMILES string of the molecule is CC(C)c1ccc([C@](O)(c2cncc(-n3ccc(-c4ccccc4)c3)c2)C2(C)CN(C)C2)cc1. The van der Waals surface area contributed by atoms with Crippen LogP contribution in [0.2, 0.25) is 0 Å². The number of likely N-dealkylation sites (tertiary alicyclic amines) is 1. The Morgan fingerprint density at radius 3 is 2.26 bits per heavy atom. The summed E-state index contributed by atoms with van der Waals surface area (Å²) in [5.74, 6) is 0.449. The number of pyridine rings is 1. The summed E-state index contributed by atoms with van der Waals surface area (Å²) in [6, 6.07) is 23.0. The standard InChI is InChI=1S/C30H33N3O/c1-22(2)23-10-12-26(13-11-23)30(34,29(3)20-32(4)21-29)27-16-28(18-31-17-27)33-15-14-25(19-33)24-8-6-5-7-9-24/h5-19,22,34H,20-21H2,1-4H3/t30-/m0/s1. The number of aromatic nitrogens is 2. The minimum absolute atomic E-state index is 0.312. The molecule has 4 nitrogen and oxygen atoms in total. The summed E-state index contributed by atoms with van der Waals surface area (Å²) in [5, 5.41) is 12.5. The molecule has 0 spiro atoms. The normalized spacial score (nSPS) is 17.4. The Morgan fingerprint density at radius 1 is 0.912 bits per heavy atom. The second-order valence-corrected chi connectivity index (χ2v) is 10.3. The van der Waals surface area contributed by atoms with Gasteiger partial charge in [-0.1, -0.05) is 75.4 Å². The molecule has 0 aliphatic carbocycles. The molecule has 5 rings (SSSR count). The highest BCUT2D eigenvalue weighted by Crippen LogP contribution is 2.50. The third-order valence-corrected chi connectivity index (χ3v) is 7.35. The van der Waals surface area contributed by atoms with Crippen molar-refractivity contribution in [3.8, 4) is 16.8 Å². The van der Waals surface area contributed by atoms with Crippen LogP contribution in [0.15, 0.2) is 91.5 Å². The maximum atomic E-state index is 12.5. The molecule has 2 aromatic carbocycles. The van der Waals surface area contributed by atoms with Gasteiger partial charge in [-0.2, -0.15) is 0 Å². The van der Waals surface area contributed by atoms with Gasteiger partial charge in [0.1, 0.15) is 5.60 Å². The van der Waals surface area contributed by atoms with Gasteiger partial charge >= 0.3 is 0 Å². The van der Waals surface area contributed by atoms with Gasteiger partial charge in [-0.15, -0.1) is 0 Å². The molecule has 0 bridgehead atoms. The molecule has 1 saturated heterocycles. The van der Waals surface area contributed by atoms with E-state index < -0.39 is 5.60 Å². The van der Waals surface area contributed by atoms with Crippen molar-refractivity contribution in [2.24, 2.45) is 5.41 Å². The van der Waals surface area contributed by atoms with E-state index in [9.17, 15) is 5.11 Å². The first-order chi connectivity index (χ1) is 16.3. The third-order valence-electron chi connectivity index (χ3n) is 7.35. The van der Waals surface area contributed by atoms with Gasteiger partial charge in [0.2, 0.25) is 0 Å². The molecule has 1 aliphatic rings. The van der Waals surface area contributed by atoms with Crippen LogP contribution in [0.4, 0.5) is 0 Å². The van der Waals surface area contributed by atoms with Crippen molar-refractivity contribution in [2.45, 2.75) is 32.3 Å². The monoisotopic (exact) mass is 451 g/mol. The third kappa shape index (κ3) is 3.77. The molecule has 2 aromatic heterocycles. The zero-order chi connectivity index (χ0) is 23.9. The van der Waals surface area contributed by atoms with E-state index in [1.807, 2.05) is 18.5 Å². The molecule has 174 valence electrons. The average Bonchev–Trinajstić information content (AvgIpc) is 3.34. The highest BCUT2D eigenvalue weighted by Gasteiger charge is 2.55. The first kappa shape index (κ1) is 22.6. The molecule has 4 aromatic rings. The lowest BCUT2D eigenvalue weighted by atomic mass is 9.62. The fourth-order valence-electron chi connectivity index (χ4n) is 5.47.